The highest BCUT2D eigenvalue weighted by Crippen LogP contribution is 2.08. The summed E-state index contributed by atoms with van der Waals surface area (Å²) in [6.07, 6.45) is 3.36. The minimum Gasteiger partial charge on any atom is -0.380 e. The van der Waals surface area contributed by atoms with E-state index in [9.17, 15) is 4.79 Å². The smallest absolute Gasteiger partial charge is 0.254 e. The van der Waals surface area contributed by atoms with Crippen LogP contribution < -0.4 is 5.32 Å². The Hall–Kier alpha value is -2.92. The second-order valence-corrected chi connectivity index (χ2v) is 5.85. The first-order valence-electron chi connectivity index (χ1n) is 8.16. The molecule has 2 aromatic carbocycles. The van der Waals surface area contributed by atoms with Crippen molar-refractivity contribution in [3.8, 4) is 0 Å². The van der Waals surface area contributed by atoms with Crippen molar-refractivity contribution in [2.75, 3.05) is 7.11 Å². The molecule has 0 saturated heterocycles. The maximum atomic E-state index is 12.3. The van der Waals surface area contributed by atoms with E-state index >= 15 is 0 Å². The summed E-state index contributed by atoms with van der Waals surface area (Å²) < 4.78 is 6.90. The number of rotatable bonds is 7. The Kier molecular flexibility index (Phi) is 5.59. The van der Waals surface area contributed by atoms with Crippen LogP contribution in [0.4, 0.5) is 0 Å². The lowest BCUT2D eigenvalue weighted by atomic mass is 10.1. The maximum absolute atomic E-state index is 12.3. The molecule has 25 heavy (non-hydrogen) atoms. The molecule has 5 nitrogen and oxygen atoms in total. The standard InChI is InChI=1S/C20H21N3O2/c1-25-15-18-9-5-8-17(10-18)11-21-20(24)19-12-22-23(14-19)13-16-6-3-2-4-7-16/h2-10,12,14H,11,13,15H2,1H3,(H,21,24). The van der Waals surface area contributed by atoms with E-state index in [4.69, 9.17) is 4.74 Å². The fourth-order valence-corrected chi connectivity index (χ4v) is 2.62. The van der Waals surface area contributed by atoms with Gasteiger partial charge >= 0.3 is 0 Å². The molecule has 1 N–H and O–H groups in total. The molecule has 128 valence electrons. The van der Waals surface area contributed by atoms with Gasteiger partial charge in [-0.05, 0) is 16.7 Å². The summed E-state index contributed by atoms with van der Waals surface area (Å²) in [6.45, 7) is 1.68. The van der Waals surface area contributed by atoms with Crippen LogP contribution >= 0.6 is 0 Å². The van der Waals surface area contributed by atoms with E-state index in [1.54, 1.807) is 24.2 Å². The third-order valence-electron chi connectivity index (χ3n) is 3.84. The summed E-state index contributed by atoms with van der Waals surface area (Å²) in [5.74, 6) is -0.128. The van der Waals surface area contributed by atoms with Gasteiger partial charge in [0.1, 0.15) is 0 Å². The van der Waals surface area contributed by atoms with Crippen molar-refractivity contribution in [1.29, 1.82) is 0 Å². The lowest BCUT2D eigenvalue weighted by molar-refractivity contribution is 0.0951. The molecule has 0 aliphatic rings. The number of carbonyl (C=O) groups excluding carboxylic acids is 1. The molecular formula is C20H21N3O2. The van der Waals surface area contributed by atoms with Crippen LogP contribution in [0.1, 0.15) is 27.0 Å². The number of benzene rings is 2. The fraction of sp³-hybridized carbons (Fsp3) is 0.200. The Labute approximate surface area is 147 Å². The first kappa shape index (κ1) is 16.9. The van der Waals surface area contributed by atoms with Gasteiger partial charge in [0.2, 0.25) is 0 Å². The second-order valence-electron chi connectivity index (χ2n) is 5.85. The van der Waals surface area contributed by atoms with Gasteiger partial charge in [0, 0.05) is 19.9 Å². The van der Waals surface area contributed by atoms with Gasteiger partial charge in [0.15, 0.2) is 0 Å². The normalized spacial score (nSPS) is 10.6. The van der Waals surface area contributed by atoms with Crippen LogP contribution in [0.5, 0.6) is 0 Å². The number of amides is 1. The summed E-state index contributed by atoms with van der Waals surface area (Å²) in [7, 11) is 1.67. The number of carbonyl (C=O) groups is 1. The summed E-state index contributed by atoms with van der Waals surface area (Å²) in [5, 5.41) is 7.19. The molecule has 0 fully saturated rings. The zero-order valence-electron chi connectivity index (χ0n) is 14.2. The largest absolute Gasteiger partial charge is 0.380 e. The molecule has 0 radical (unpaired) electrons. The average molecular weight is 335 g/mol. The summed E-state index contributed by atoms with van der Waals surface area (Å²) >= 11 is 0. The fourth-order valence-electron chi connectivity index (χ4n) is 2.62. The predicted octanol–water partition coefficient (Wildman–Crippen LogP) is 3.01. The van der Waals surface area contributed by atoms with Gasteiger partial charge < -0.3 is 10.1 Å². The molecule has 1 amide bonds. The molecule has 0 saturated carbocycles. The van der Waals surface area contributed by atoms with Crippen molar-refractivity contribution in [3.05, 3.63) is 89.2 Å². The summed E-state index contributed by atoms with van der Waals surface area (Å²) in [6, 6.07) is 18.0. The molecule has 0 unspecified atom stereocenters. The lowest BCUT2D eigenvalue weighted by Gasteiger charge is -2.06. The first-order chi connectivity index (χ1) is 12.2. The van der Waals surface area contributed by atoms with E-state index in [0.29, 0.717) is 25.3 Å². The van der Waals surface area contributed by atoms with Crippen LogP contribution in [0, 0.1) is 0 Å². The van der Waals surface area contributed by atoms with Gasteiger partial charge in [-0.3, -0.25) is 9.48 Å². The molecule has 0 bridgehead atoms. The van der Waals surface area contributed by atoms with Crippen molar-refractivity contribution in [1.82, 2.24) is 15.1 Å². The minimum atomic E-state index is -0.128. The maximum Gasteiger partial charge on any atom is 0.254 e. The van der Waals surface area contributed by atoms with Crippen molar-refractivity contribution in [2.24, 2.45) is 0 Å². The second kappa shape index (κ2) is 8.26. The predicted molar refractivity (Wildman–Crippen MR) is 96.1 cm³/mol. The number of aromatic nitrogens is 2. The van der Waals surface area contributed by atoms with Crippen LogP contribution in [0.15, 0.2) is 67.0 Å². The molecule has 0 aliphatic heterocycles. The number of hydrogen-bond acceptors (Lipinski definition) is 3. The summed E-state index contributed by atoms with van der Waals surface area (Å²) in [5.41, 5.74) is 3.83. The van der Waals surface area contributed by atoms with Gasteiger partial charge in [0.05, 0.1) is 24.9 Å². The van der Waals surface area contributed by atoms with Crippen molar-refractivity contribution < 1.29 is 9.53 Å². The number of ether oxygens (including phenoxy) is 1. The van der Waals surface area contributed by atoms with Gasteiger partial charge in [-0.25, -0.2) is 0 Å². The van der Waals surface area contributed by atoms with E-state index in [1.807, 2.05) is 54.6 Å². The van der Waals surface area contributed by atoms with E-state index in [1.165, 1.54) is 0 Å². The van der Waals surface area contributed by atoms with Crippen LogP contribution in [0.3, 0.4) is 0 Å². The number of nitrogens with one attached hydrogen (secondary N) is 1. The Morgan fingerprint density at radius 3 is 2.64 bits per heavy atom. The highest BCUT2D eigenvalue weighted by Gasteiger charge is 2.09. The quantitative estimate of drug-likeness (QED) is 0.722. The Morgan fingerprint density at radius 2 is 1.84 bits per heavy atom. The van der Waals surface area contributed by atoms with Gasteiger partial charge in [0.25, 0.3) is 5.91 Å². The van der Waals surface area contributed by atoms with Crippen LogP contribution in [-0.2, 0) is 24.4 Å². The van der Waals surface area contributed by atoms with Crippen molar-refractivity contribution >= 4 is 5.91 Å². The molecule has 3 aromatic rings. The number of hydrogen-bond donors (Lipinski definition) is 1. The van der Waals surface area contributed by atoms with Gasteiger partial charge in [-0.15, -0.1) is 0 Å². The highest BCUT2D eigenvalue weighted by atomic mass is 16.5. The SMILES string of the molecule is COCc1cccc(CNC(=O)c2cnn(Cc3ccccc3)c2)c1. The third-order valence-corrected chi connectivity index (χ3v) is 3.84. The van der Waals surface area contributed by atoms with Crippen LogP contribution in [-0.4, -0.2) is 22.8 Å². The molecule has 5 heteroatoms. The molecule has 1 heterocycles. The molecule has 0 atom stereocenters. The van der Waals surface area contributed by atoms with Crippen LogP contribution in [0.2, 0.25) is 0 Å². The molecule has 0 aliphatic carbocycles. The zero-order valence-corrected chi connectivity index (χ0v) is 14.2. The Bertz CT molecular complexity index is 828. The van der Waals surface area contributed by atoms with E-state index in [2.05, 4.69) is 10.4 Å². The third kappa shape index (κ3) is 4.78. The summed E-state index contributed by atoms with van der Waals surface area (Å²) in [4.78, 5) is 12.3. The highest BCUT2D eigenvalue weighted by molar-refractivity contribution is 5.93. The Balaban J connectivity index is 1.57. The number of methoxy groups -OCH3 is 1. The molecule has 3 rings (SSSR count). The van der Waals surface area contributed by atoms with Gasteiger partial charge in [-0.1, -0.05) is 54.6 Å². The van der Waals surface area contributed by atoms with Crippen molar-refractivity contribution in [3.63, 3.8) is 0 Å². The van der Waals surface area contributed by atoms with E-state index in [-0.39, 0.29) is 5.91 Å². The monoisotopic (exact) mass is 335 g/mol. The van der Waals surface area contributed by atoms with Crippen molar-refractivity contribution in [2.45, 2.75) is 19.7 Å². The van der Waals surface area contributed by atoms with E-state index < -0.39 is 0 Å². The number of nitrogens with zero attached hydrogens (tertiary/aromatic N) is 2. The van der Waals surface area contributed by atoms with E-state index in [0.717, 1.165) is 16.7 Å². The van der Waals surface area contributed by atoms with Gasteiger partial charge in [-0.2, -0.15) is 5.10 Å². The average Bonchev–Trinajstić information content (AvgIpc) is 3.10. The first-order valence-corrected chi connectivity index (χ1v) is 8.16. The van der Waals surface area contributed by atoms with Crippen LogP contribution in [0.25, 0.3) is 0 Å². The topological polar surface area (TPSA) is 56.1 Å². The lowest BCUT2D eigenvalue weighted by Crippen LogP contribution is -2.22. The minimum absolute atomic E-state index is 0.128. The molecule has 0 spiro atoms. The molecule has 1 aromatic heterocycles. The molecular weight excluding hydrogens is 314 g/mol. The zero-order chi connectivity index (χ0) is 17.5. The Morgan fingerprint density at radius 1 is 1.08 bits per heavy atom.